The van der Waals surface area contributed by atoms with Crippen molar-refractivity contribution >= 4 is 17.7 Å². The van der Waals surface area contributed by atoms with Crippen molar-refractivity contribution < 1.29 is 4.79 Å². The summed E-state index contributed by atoms with van der Waals surface area (Å²) in [5.41, 5.74) is 4.00. The average Bonchev–Trinajstić information content (AvgIpc) is 2.43. The van der Waals surface area contributed by atoms with Crippen LogP contribution in [0.15, 0.2) is 18.2 Å². The maximum Gasteiger partial charge on any atom is 0.223 e. The summed E-state index contributed by atoms with van der Waals surface area (Å²) in [6, 6.07) is 6.67. The van der Waals surface area contributed by atoms with E-state index in [2.05, 4.69) is 37.4 Å². The predicted molar refractivity (Wildman–Crippen MR) is 86.1 cm³/mol. The predicted octanol–water partition coefficient (Wildman–Crippen LogP) is 2.36. The van der Waals surface area contributed by atoms with Gasteiger partial charge in [-0.1, -0.05) is 29.3 Å². The number of carbonyl (C=O) groups is 1. The van der Waals surface area contributed by atoms with Crippen LogP contribution in [0.25, 0.3) is 0 Å². The molecule has 1 N–H and O–H groups in total. The second kappa shape index (κ2) is 7.70. The zero-order valence-corrected chi connectivity index (χ0v) is 13.3. The molecule has 0 unspecified atom stereocenters. The average molecular weight is 292 g/mol. The summed E-state index contributed by atoms with van der Waals surface area (Å²) in [6.07, 6.45) is 0.662. The molecule has 0 saturated carbocycles. The zero-order chi connectivity index (χ0) is 14.4. The van der Waals surface area contributed by atoms with Crippen LogP contribution in [0.3, 0.4) is 0 Å². The highest BCUT2D eigenvalue weighted by atomic mass is 32.2. The first-order valence-electron chi connectivity index (χ1n) is 7.28. The SMILES string of the molecule is Cc1cc(C)cc(CSCCC(=O)N2CCNCC2)c1. The van der Waals surface area contributed by atoms with Crippen molar-refractivity contribution in [3.63, 3.8) is 0 Å². The van der Waals surface area contributed by atoms with Gasteiger partial charge < -0.3 is 10.2 Å². The highest BCUT2D eigenvalue weighted by molar-refractivity contribution is 7.98. The van der Waals surface area contributed by atoms with Crippen molar-refractivity contribution in [1.82, 2.24) is 10.2 Å². The third-order valence-electron chi connectivity index (χ3n) is 3.48. The van der Waals surface area contributed by atoms with Gasteiger partial charge in [0.25, 0.3) is 0 Å². The van der Waals surface area contributed by atoms with Crippen molar-refractivity contribution in [3.8, 4) is 0 Å². The summed E-state index contributed by atoms with van der Waals surface area (Å²) in [4.78, 5) is 14.0. The van der Waals surface area contributed by atoms with Crippen molar-refractivity contribution in [1.29, 1.82) is 0 Å². The maximum atomic E-state index is 12.0. The standard InChI is InChI=1S/C16H24N2OS/c1-13-9-14(2)11-15(10-13)12-20-8-3-16(19)18-6-4-17-5-7-18/h9-11,17H,3-8,12H2,1-2H3. The number of nitrogens with one attached hydrogen (secondary N) is 1. The quantitative estimate of drug-likeness (QED) is 0.846. The van der Waals surface area contributed by atoms with Gasteiger partial charge in [-0.05, 0) is 19.4 Å². The van der Waals surface area contributed by atoms with Crippen molar-refractivity contribution in [2.24, 2.45) is 0 Å². The minimum Gasteiger partial charge on any atom is -0.340 e. The Morgan fingerprint density at radius 3 is 2.50 bits per heavy atom. The molecular formula is C16H24N2OS. The van der Waals surface area contributed by atoms with Crippen LogP contribution in [-0.4, -0.2) is 42.7 Å². The van der Waals surface area contributed by atoms with E-state index in [1.54, 1.807) is 0 Å². The summed E-state index contributed by atoms with van der Waals surface area (Å²) >= 11 is 1.85. The van der Waals surface area contributed by atoms with Gasteiger partial charge in [0.15, 0.2) is 0 Å². The Hall–Kier alpha value is -1.00. The monoisotopic (exact) mass is 292 g/mol. The lowest BCUT2D eigenvalue weighted by molar-refractivity contribution is -0.131. The number of piperazine rings is 1. The van der Waals surface area contributed by atoms with E-state index in [-0.39, 0.29) is 0 Å². The third-order valence-corrected chi connectivity index (χ3v) is 4.51. The Morgan fingerprint density at radius 1 is 1.20 bits per heavy atom. The summed E-state index contributed by atoms with van der Waals surface area (Å²) in [6.45, 7) is 7.86. The zero-order valence-electron chi connectivity index (χ0n) is 12.4. The van der Waals surface area contributed by atoms with Crippen LogP contribution in [0.2, 0.25) is 0 Å². The molecule has 0 aromatic heterocycles. The summed E-state index contributed by atoms with van der Waals surface area (Å²) in [7, 11) is 0. The van der Waals surface area contributed by atoms with Crippen LogP contribution in [0, 0.1) is 13.8 Å². The Morgan fingerprint density at radius 2 is 1.85 bits per heavy atom. The number of benzene rings is 1. The van der Waals surface area contributed by atoms with E-state index in [0.29, 0.717) is 12.3 Å². The number of hydrogen-bond donors (Lipinski definition) is 1. The highest BCUT2D eigenvalue weighted by Crippen LogP contribution is 2.16. The Balaban J connectivity index is 1.69. The smallest absolute Gasteiger partial charge is 0.223 e. The molecule has 0 atom stereocenters. The van der Waals surface area contributed by atoms with E-state index in [4.69, 9.17) is 0 Å². The first-order chi connectivity index (χ1) is 9.65. The van der Waals surface area contributed by atoms with E-state index < -0.39 is 0 Å². The molecule has 0 spiro atoms. The molecule has 1 amide bonds. The van der Waals surface area contributed by atoms with Crippen molar-refractivity contribution in [3.05, 3.63) is 34.9 Å². The molecule has 1 heterocycles. The van der Waals surface area contributed by atoms with Crippen LogP contribution in [0.4, 0.5) is 0 Å². The lowest BCUT2D eigenvalue weighted by Crippen LogP contribution is -2.46. The second-order valence-electron chi connectivity index (χ2n) is 5.43. The number of rotatable bonds is 5. The summed E-state index contributed by atoms with van der Waals surface area (Å²) in [5.74, 6) is 2.21. The number of amides is 1. The van der Waals surface area contributed by atoms with E-state index in [0.717, 1.165) is 37.7 Å². The maximum absolute atomic E-state index is 12.0. The molecule has 2 rings (SSSR count). The fourth-order valence-corrected chi connectivity index (χ4v) is 3.44. The molecule has 0 radical (unpaired) electrons. The molecular weight excluding hydrogens is 268 g/mol. The van der Waals surface area contributed by atoms with Gasteiger partial charge in [0, 0.05) is 44.1 Å². The Bertz CT molecular complexity index is 436. The molecule has 1 saturated heterocycles. The normalized spacial score (nSPS) is 15.4. The van der Waals surface area contributed by atoms with E-state index in [1.165, 1.54) is 16.7 Å². The molecule has 20 heavy (non-hydrogen) atoms. The van der Waals surface area contributed by atoms with Gasteiger partial charge in [-0.25, -0.2) is 0 Å². The first kappa shape index (κ1) is 15.4. The fraction of sp³-hybridized carbons (Fsp3) is 0.562. The highest BCUT2D eigenvalue weighted by Gasteiger charge is 2.15. The minimum atomic E-state index is 0.305. The number of carbonyl (C=O) groups excluding carboxylic acids is 1. The van der Waals surface area contributed by atoms with Gasteiger partial charge in [-0.15, -0.1) is 0 Å². The van der Waals surface area contributed by atoms with Crippen molar-refractivity contribution in [2.75, 3.05) is 31.9 Å². The second-order valence-corrected chi connectivity index (χ2v) is 6.53. The van der Waals surface area contributed by atoms with Crippen LogP contribution in [-0.2, 0) is 10.5 Å². The van der Waals surface area contributed by atoms with Crippen LogP contribution in [0.1, 0.15) is 23.1 Å². The molecule has 4 heteroatoms. The molecule has 3 nitrogen and oxygen atoms in total. The molecule has 0 bridgehead atoms. The minimum absolute atomic E-state index is 0.305. The lowest BCUT2D eigenvalue weighted by Gasteiger charge is -2.27. The summed E-state index contributed by atoms with van der Waals surface area (Å²) in [5, 5.41) is 3.27. The number of nitrogens with zero attached hydrogens (tertiary/aromatic N) is 1. The molecule has 1 aliphatic rings. The Labute approximate surface area is 126 Å². The molecule has 1 fully saturated rings. The van der Waals surface area contributed by atoms with Crippen molar-refractivity contribution in [2.45, 2.75) is 26.0 Å². The van der Waals surface area contributed by atoms with Gasteiger partial charge in [-0.2, -0.15) is 11.8 Å². The topological polar surface area (TPSA) is 32.3 Å². The number of thioether (sulfide) groups is 1. The van der Waals surface area contributed by atoms with E-state index in [9.17, 15) is 4.79 Å². The van der Waals surface area contributed by atoms with E-state index in [1.807, 2.05) is 16.7 Å². The molecule has 1 aliphatic heterocycles. The fourth-order valence-electron chi connectivity index (χ4n) is 2.57. The summed E-state index contributed by atoms with van der Waals surface area (Å²) < 4.78 is 0. The lowest BCUT2D eigenvalue weighted by atomic mass is 10.1. The molecule has 1 aromatic rings. The molecule has 1 aromatic carbocycles. The first-order valence-corrected chi connectivity index (χ1v) is 8.44. The van der Waals surface area contributed by atoms with Gasteiger partial charge >= 0.3 is 0 Å². The van der Waals surface area contributed by atoms with E-state index >= 15 is 0 Å². The number of hydrogen-bond acceptors (Lipinski definition) is 3. The largest absolute Gasteiger partial charge is 0.340 e. The van der Waals surface area contributed by atoms with Gasteiger partial charge in [-0.3, -0.25) is 4.79 Å². The van der Waals surface area contributed by atoms with Crippen LogP contribution < -0.4 is 5.32 Å². The number of aryl methyl sites for hydroxylation is 2. The Kier molecular flexibility index (Phi) is 5.92. The molecule has 110 valence electrons. The van der Waals surface area contributed by atoms with Gasteiger partial charge in [0.05, 0.1) is 0 Å². The van der Waals surface area contributed by atoms with Gasteiger partial charge in [0.2, 0.25) is 5.91 Å². The van der Waals surface area contributed by atoms with Crippen LogP contribution >= 0.6 is 11.8 Å². The molecule has 0 aliphatic carbocycles. The van der Waals surface area contributed by atoms with Crippen LogP contribution in [0.5, 0.6) is 0 Å². The third kappa shape index (κ3) is 4.84. The van der Waals surface area contributed by atoms with Gasteiger partial charge in [0.1, 0.15) is 0 Å².